The Morgan fingerprint density at radius 2 is 1.50 bits per heavy atom. The number of nitrogens with zero attached hydrogens (tertiary/aromatic N) is 2. The van der Waals surface area contributed by atoms with Gasteiger partial charge >= 0.3 is 0 Å². The molecule has 2 aromatic heterocycles. The van der Waals surface area contributed by atoms with E-state index in [0.717, 1.165) is 27.5 Å². The molecule has 0 bridgehead atoms. The molecule has 0 N–H and O–H groups in total. The largest absolute Gasteiger partial charge is 0.254 e. The Labute approximate surface area is 142 Å². The van der Waals surface area contributed by atoms with Crippen LogP contribution in [0.3, 0.4) is 0 Å². The summed E-state index contributed by atoms with van der Waals surface area (Å²) in [7, 11) is 0. The molecule has 0 aliphatic rings. The highest BCUT2D eigenvalue weighted by Gasteiger charge is 2.17. The molecule has 2 nitrogen and oxygen atoms in total. The minimum absolute atomic E-state index is 0.0212. The lowest BCUT2D eigenvalue weighted by Crippen LogP contribution is -2.13. The third-order valence-electron chi connectivity index (χ3n) is 4.42. The maximum atomic E-state index is 4.95. The fourth-order valence-corrected chi connectivity index (χ4v) is 3.08. The first kappa shape index (κ1) is 14.8. The number of pyridine rings is 2. The van der Waals surface area contributed by atoms with Crippen molar-refractivity contribution < 1.29 is 0 Å². The Balaban J connectivity index is 2.05. The van der Waals surface area contributed by atoms with Crippen molar-refractivity contribution in [2.75, 3.05) is 0 Å². The van der Waals surface area contributed by atoms with E-state index in [1.54, 1.807) is 0 Å². The van der Waals surface area contributed by atoms with Gasteiger partial charge in [0.15, 0.2) is 0 Å². The second kappa shape index (κ2) is 5.41. The Morgan fingerprint density at radius 1 is 0.750 bits per heavy atom. The molecule has 24 heavy (non-hydrogen) atoms. The van der Waals surface area contributed by atoms with Gasteiger partial charge in [-0.2, -0.15) is 0 Å². The molecule has 0 amide bonds. The van der Waals surface area contributed by atoms with Gasteiger partial charge in [-0.25, -0.2) is 4.98 Å². The van der Waals surface area contributed by atoms with Gasteiger partial charge in [0.1, 0.15) is 0 Å². The Kier molecular flexibility index (Phi) is 3.34. The monoisotopic (exact) mass is 312 g/mol. The average Bonchev–Trinajstić information content (AvgIpc) is 2.60. The summed E-state index contributed by atoms with van der Waals surface area (Å²) in [5.41, 5.74) is 5.47. The van der Waals surface area contributed by atoms with Crippen LogP contribution in [-0.2, 0) is 5.41 Å². The van der Waals surface area contributed by atoms with Crippen LogP contribution in [-0.4, -0.2) is 9.97 Å². The van der Waals surface area contributed by atoms with Gasteiger partial charge in [-0.05, 0) is 23.3 Å². The van der Waals surface area contributed by atoms with Crippen LogP contribution in [0.15, 0.2) is 66.9 Å². The molecule has 0 radical (unpaired) electrons. The third-order valence-corrected chi connectivity index (χ3v) is 4.42. The van der Waals surface area contributed by atoms with Crippen molar-refractivity contribution in [1.82, 2.24) is 9.97 Å². The predicted octanol–water partition coefficient (Wildman–Crippen LogP) is 5.75. The summed E-state index contributed by atoms with van der Waals surface area (Å²) in [5, 5.41) is 2.28. The maximum Gasteiger partial charge on any atom is 0.0970 e. The van der Waals surface area contributed by atoms with Crippen LogP contribution in [0.5, 0.6) is 0 Å². The van der Waals surface area contributed by atoms with Gasteiger partial charge in [-0.3, -0.25) is 4.98 Å². The van der Waals surface area contributed by atoms with E-state index in [0.29, 0.717) is 0 Å². The molecule has 0 saturated carbocycles. The molecule has 2 heteroatoms. The molecular weight excluding hydrogens is 292 g/mol. The summed E-state index contributed by atoms with van der Waals surface area (Å²) < 4.78 is 0. The summed E-state index contributed by atoms with van der Waals surface area (Å²) in [6, 6.07) is 21.1. The predicted molar refractivity (Wildman–Crippen MR) is 101 cm³/mol. The molecule has 4 aromatic rings. The molecule has 0 atom stereocenters. The average molecular weight is 312 g/mol. The normalized spacial score (nSPS) is 12.0. The van der Waals surface area contributed by atoms with Gasteiger partial charge in [0, 0.05) is 28.1 Å². The first-order valence-corrected chi connectivity index (χ1v) is 8.28. The Morgan fingerprint density at radius 3 is 2.25 bits per heavy atom. The molecule has 0 fully saturated rings. The standard InChI is InChI=1S/C22H20N2/c1-22(2,3)19-12-10-16-9-11-18-17(15-7-5-4-6-8-15)13-14-23-21(18)20(16)24-19/h4-14H,1-3H3. The molecule has 0 unspecified atom stereocenters. The second-order valence-electron chi connectivity index (χ2n) is 7.20. The van der Waals surface area contributed by atoms with E-state index >= 15 is 0 Å². The summed E-state index contributed by atoms with van der Waals surface area (Å²) in [6.45, 7) is 6.57. The van der Waals surface area contributed by atoms with E-state index in [9.17, 15) is 0 Å². The van der Waals surface area contributed by atoms with Crippen LogP contribution in [0, 0.1) is 0 Å². The van der Waals surface area contributed by atoms with Crippen LogP contribution >= 0.6 is 0 Å². The van der Waals surface area contributed by atoms with Crippen molar-refractivity contribution in [3.63, 3.8) is 0 Å². The lowest BCUT2D eigenvalue weighted by Gasteiger charge is -2.18. The fraction of sp³-hybridized carbons (Fsp3) is 0.182. The molecule has 0 spiro atoms. The zero-order chi connectivity index (χ0) is 16.7. The van der Waals surface area contributed by atoms with Crippen molar-refractivity contribution in [3.05, 3.63) is 72.6 Å². The highest BCUT2D eigenvalue weighted by molar-refractivity contribution is 6.08. The number of fused-ring (bicyclic) bond motifs is 3. The number of hydrogen-bond donors (Lipinski definition) is 0. The highest BCUT2D eigenvalue weighted by atomic mass is 14.8. The summed E-state index contributed by atoms with van der Waals surface area (Å²) in [5.74, 6) is 0. The van der Waals surface area contributed by atoms with Crippen LogP contribution in [0.25, 0.3) is 32.9 Å². The van der Waals surface area contributed by atoms with Crippen molar-refractivity contribution in [1.29, 1.82) is 0 Å². The first-order valence-electron chi connectivity index (χ1n) is 8.28. The molecule has 0 aliphatic carbocycles. The zero-order valence-electron chi connectivity index (χ0n) is 14.2. The van der Waals surface area contributed by atoms with Crippen LogP contribution < -0.4 is 0 Å². The maximum absolute atomic E-state index is 4.95. The van der Waals surface area contributed by atoms with E-state index in [4.69, 9.17) is 4.98 Å². The van der Waals surface area contributed by atoms with Gasteiger partial charge < -0.3 is 0 Å². The quantitative estimate of drug-likeness (QED) is 0.418. The van der Waals surface area contributed by atoms with Crippen LogP contribution in [0.4, 0.5) is 0 Å². The van der Waals surface area contributed by atoms with E-state index in [2.05, 4.69) is 80.4 Å². The number of aromatic nitrogens is 2. The molecule has 2 heterocycles. The second-order valence-corrected chi connectivity index (χ2v) is 7.20. The van der Waals surface area contributed by atoms with E-state index in [1.807, 2.05) is 12.3 Å². The molecule has 0 aliphatic heterocycles. The van der Waals surface area contributed by atoms with E-state index in [-0.39, 0.29) is 5.41 Å². The van der Waals surface area contributed by atoms with Crippen molar-refractivity contribution >= 4 is 21.8 Å². The van der Waals surface area contributed by atoms with Gasteiger partial charge in [-0.15, -0.1) is 0 Å². The van der Waals surface area contributed by atoms with E-state index < -0.39 is 0 Å². The minimum atomic E-state index is 0.0212. The molecule has 2 aromatic carbocycles. The Bertz CT molecular complexity index is 1030. The van der Waals surface area contributed by atoms with Crippen LogP contribution in [0.2, 0.25) is 0 Å². The lowest BCUT2D eigenvalue weighted by atomic mass is 9.91. The Hall–Kier alpha value is -2.74. The number of benzene rings is 2. The van der Waals surface area contributed by atoms with Gasteiger partial charge in [-0.1, -0.05) is 69.3 Å². The topological polar surface area (TPSA) is 25.8 Å². The smallest absolute Gasteiger partial charge is 0.0970 e. The summed E-state index contributed by atoms with van der Waals surface area (Å²) >= 11 is 0. The lowest BCUT2D eigenvalue weighted by molar-refractivity contribution is 0.571. The fourth-order valence-electron chi connectivity index (χ4n) is 3.08. The summed E-state index contributed by atoms with van der Waals surface area (Å²) in [6.07, 6.45) is 1.88. The first-order chi connectivity index (χ1) is 11.5. The summed E-state index contributed by atoms with van der Waals surface area (Å²) in [4.78, 5) is 9.60. The van der Waals surface area contributed by atoms with Gasteiger partial charge in [0.05, 0.1) is 11.0 Å². The SMILES string of the molecule is CC(C)(C)c1ccc2ccc3c(-c4ccccc4)ccnc3c2n1. The van der Waals surface area contributed by atoms with Crippen LogP contribution in [0.1, 0.15) is 26.5 Å². The number of hydrogen-bond acceptors (Lipinski definition) is 2. The van der Waals surface area contributed by atoms with Gasteiger partial charge in [0.25, 0.3) is 0 Å². The van der Waals surface area contributed by atoms with Crippen molar-refractivity contribution in [3.8, 4) is 11.1 Å². The molecule has 0 saturated heterocycles. The van der Waals surface area contributed by atoms with Crippen molar-refractivity contribution in [2.45, 2.75) is 26.2 Å². The third kappa shape index (κ3) is 2.44. The molecule has 4 rings (SSSR count). The zero-order valence-corrected chi connectivity index (χ0v) is 14.2. The van der Waals surface area contributed by atoms with Gasteiger partial charge in [0.2, 0.25) is 0 Å². The molecular formula is C22H20N2. The minimum Gasteiger partial charge on any atom is -0.254 e. The molecule has 118 valence electrons. The number of rotatable bonds is 1. The highest BCUT2D eigenvalue weighted by Crippen LogP contribution is 2.32. The van der Waals surface area contributed by atoms with E-state index in [1.165, 1.54) is 11.1 Å². The van der Waals surface area contributed by atoms with Crippen molar-refractivity contribution in [2.24, 2.45) is 0 Å².